The summed E-state index contributed by atoms with van der Waals surface area (Å²) in [5.41, 5.74) is 18.8. The Bertz CT molecular complexity index is 2100. The number of anilines is 1. The molecule has 2 aromatic carbocycles. The molecule has 4 aromatic rings. The van der Waals surface area contributed by atoms with Crippen molar-refractivity contribution in [1.82, 2.24) is 24.9 Å². The van der Waals surface area contributed by atoms with Crippen LogP contribution in [0, 0.1) is 5.41 Å². The van der Waals surface area contributed by atoms with Gasteiger partial charge in [0, 0.05) is 68.3 Å². The van der Waals surface area contributed by atoms with E-state index in [1.807, 2.05) is 18.3 Å². The molecule has 3 saturated heterocycles. The normalized spacial score (nSPS) is 24.1. The van der Waals surface area contributed by atoms with Crippen molar-refractivity contribution in [2.45, 2.75) is 84.2 Å². The summed E-state index contributed by atoms with van der Waals surface area (Å²) < 4.78 is 20.4. The Hall–Kier alpha value is -4.33. The summed E-state index contributed by atoms with van der Waals surface area (Å²) >= 11 is 0. The van der Waals surface area contributed by atoms with Gasteiger partial charge in [-0.15, -0.1) is 0 Å². The predicted molar refractivity (Wildman–Crippen MR) is 218 cm³/mol. The van der Waals surface area contributed by atoms with Crippen molar-refractivity contribution in [3.8, 4) is 22.4 Å². The second kappa shape index (κ2) is 15.9. The number of ether oxygens (including phenoxy) is 3. The van der Waals surface area contributed by atoms with Gasteiger partial charge in [0.15, 0.2) is 0 Å². The third-order valence-electron chi connectivity index (χ3n) is 12.2. The quantitative estimate of drug-likeness (QED) is 0.265. The molecule has 8 rings (SSSR count). The fourth-order valence-corrected chi connectivity index (χ4v) is 9.09. The fraction of sp³-hybridized carbons (Fsp3) is 0.523. The Morgan fingerprint density at radius 2 is 1.91 bits per heavy atom. The van der Waals surface area contributed by atoms with Gasteiger partial charge in [0.2, 0.25) is 0 Å². The first-order valence-electron chi connectivity index (χ1n) is 20.4. The Labute approximate surface area is 330 Å². The molecule has 6 bridgehead atoms. The first kappa shape index (κ1) is 38.5. The van der Waals surface area contributed by atoms with Gasteiger partial charge in [0.25, 0.3) is 5.91 Å². The van der Waals surface area contributed by atoms with Crippen molar-refractivity contribution in [2.24, 2.45) is 11.1 Å². The van der Waals surface area contributed by atoms with Crippen molar-refractivity contribution in [1.29, 1.82) is 0 Å². The number of methoxy groups -OCH3 is 1. The van der Waals surface area contributed by atoms with E-state index >= 15 is 0 Å². The largest absolute Gasteiger partial charge is 0.464 e. The van der Waals surface area contributed by atoms with Crippen molar-refractivity contribution < 1.29 is 23.8 Å². The molecule has 0 aliphatic carbocycles. The highest BCUT2D eigenvalue weighted by molar-refractivity contribution is 5.95. The van der Waals surface area contributed by atoms with Gasteiger partial charge < -0.3 is 29.4 Å². The molecule has 0 saturated carbocycles. The average molecular weight is 764 g/mol. The van der Waals surface area contributed by atoms with Gasteiger partial charge >= 0.3 is 5.97 Å². The molecule has 298 valence electrons. The van der Waals surface area contributed by atoms with Gasteiger partial charge in [-0.3, -0.25) is 24.5 Å². The highest BCUT2D eigenvalue weighted by atomic mass is 16.5. The van der Waals surface area contributed by atoms with Crippen LogP contribution in [-0.4, -0.2) is 109 Å². The highest BCUT2D eigenvalue weighted by Gasteiger charge is 2.35. The van der Waals surface area contributed by atoms with Crippen LogP contribution in [0.1, 0.15) is 63.5 Å². The molecule has 0 spiro atoms. The number of aromatic nitrogens is 2. The zero-order valence-electron chi connectivity index (χ0n) is 33.6. The molecule has 56 heavy (non-hydrogen) atoms. The number of amides is 1. The number of hydrogen-bond donors (Lipinski definition) is 2. The maximum atomic E-state index is 13.6. The van der Waals surface area contributed by atoms with E-state index in [4.69, 9.17) is 24.9 Å². The van der Waals surface area contributed by atoms with Gasteiger partial charge in [0.1, 0.15) is 6.04 Å². The Morgan fingerprint density at radius 3 is 2.73 bits per heavy atom. The number of nitrogens with zero attached hydrogens (tertiary/aromatic N) is 5. The van der Waals surface area contributed by atoms with E-state index in [-0.39, 0.29) is 24.6 Å². The summed E-state index contributed by atoms with van der Waals surface area (Å²) in [5.74, 6) is -0.576. The topological polar surface area (TPSA) is 127 Å². The van der Waals surface area contributed by atoms with E-state index in [0.717, 1.165) is 96.2 Å². The lowest BCUT2D eigenvalue weighted by Gasteiger charge is -2.44. The fourth-order valence-electron chi connectivity index (χ4n) is 9.09. The number of aryl methyl sites for hydroxylation is 1. The smallest absolute Gasteiger partial charge is 0.324 e. The van der Waals surface area contributed by atoms with Crippen LogP contribution in [-0.2, 0) is 43.2 Å². The number of hydrogen-bond acceptors (Lipinski definition) is 10. The van der Waals surface area contributed by atoms with E-state index in [0.29, 0.717) is 38.3 Å². The van der Waals surface area contributed by atoms with E-state index in [9.17, 15) is 9.59 Å². The maximum Gasteiger partial charge on any atom is 0.324 e. The monoisotopic (exact) mass is 763 g/mol. The number of fused-ring (bicyclic) bond motifs is 7. The van der Waals surface area contributed by atoms with Crippen LogP contribution in [0.25, 0.3) is 33.3 Å². The van der Waals surface area contributed by atoms with Crippen molar-refractivity contribution >= 4 is 28.5 Å². The molecule has 0 radical (unpaired) electrons. The van der Waals surface area contributed by atoms with Gasteiger partial charge in [-0.2, -0.15) is 0 Å². The number of hydrazine groups is 1. The third kappa shape index (κ3) is 7.57. The number of rotatable bonds is 5. The van der Waals surface area contributed by atoms with Crippen LogP contribution in [0.15, 0.2) is 54.7 Å². The van der Waals surface area contributed by atoms with E-state index in [1.54, 1.807) is 7.11 Å². The Morgan fingerprint density at radius 1 is 1.07 bits per heavy atom. The number of benzene rings is 2. The number of carbonyl (C=O) groups excluding carboxylic acids is 2. The maximum absolute atomic E-state index is 13.6. The number of nitrogens with one attached hydrogen (secondary N) is 1. The van der Waals surface area contributed by atoms with E-state index in [2.05, 4.69) is 83.9 Å². The molecule has 12 heteroatoms. The van der Waals surface area contributed by atoms with Gasteiger partial charge in [-0.1, -0.05) is 44.2 Å². The standard InChI is InChI=1S/C44H57N7O5/c1-6-50-39-13-12-31-21-34(39)36(41(50)35-22-32(24-46-40(35)28(2)54-5)49-16-15-48-17-18-55-26-33(48)25-49)23-44(3,4)27-56-43(53)38-11-8-14-51(47-38)42(52)37(45)20-29-9-7-10-30(31)19-29/h7,9-10,12-13,19,21-22,24,28,33,37-38,47H,6,8,11,14-18,20,23,25-27,45H2,1-5H3/t28-,33-,37-,38-/m0/s1. The lowest BCUT2D eigenvalue weighted by Crippen LogP contribution is -2.59. The van der Waals surface area contributed by atoms with Crippen molar-refractivity contribution in [3.63, 3.8) is 0 Å². The second-order valence-electron chi connectivity index (χ2n) is 16.8. The first-order chi connectivity index (χ1) is 27.0. The van der Waals surface area contributed by atoms with Crippen LogP contribution in [0.4, 0.5) is 5.69 Å². The molecule has 3 fully saturated rings. The molecule has 0 unspecified atom stereocenters. The summed E-state index contributed by atoms with van der Waals surface area (Å²) in [6, 6.07) is 16.4. The van der Waals surface area contributed by atoms with Gasteiger partial charge in [-0.25, -0.2) is 5.43 Å². The van der Waals surface area contributed by atoms with Crippen LogP contribution < -0.4 is 16.1 Å². The Balaban J connectivity index is 1.28. The number of esters is 1. The Kier molecular flexibility index (Phi) is 10.9. The molecular weight excluding hydrogens is 707 g/mol. The van der Waals surface area contributed by atoms with Crippen molar-refractivity contribution in [3.05, 3.63) is 71.5 Å². The van der Waals surface area contributed by atoms with Gasteiger partial charge in [-0.05, 0) is 80.0 Å². The van der Waals surface area contributed by atoms with Crippen molar-refractivity contribution in [2.75, 3.05) is 64.6 Å². The summed E-state index contributed by atoms with van der Waals surface area (Å²) in [6.45, 7) is 15.4. The summed E-state index contributed by atoms with van der Waals surface area (Å²) in [5, 5.41) is 2.66. The number of piperazine rings is 1. The minimum absolute atomic E-state index is 0.213. The molecule has 3 N–H and O–H groups in total. The van der Waals surface area contributed by atoms with Crippen LogP contribution >= 0.6 is 0 Å². The van der Waals surface area contributed by atoms with Gasteiger partial charge in [0.05, 0.1) is 61.3 Å². The molecule has 2 aromatic heterocycles. The number of pyridine rings is 1. The van der Waals surface area contributed by atoms with Crippen LogP contribution in [0.3, 0.4) is 0 Å². The number of morpholine rings is 1. The van der Waals surface area contributed by atoms with E-state index < -0.39 is 17.5 Å². The molecule has 1 amide bonds. The summed E-state index contributed by atoms with van der Waals surface area (Å²) in [6.07, 6.45) is 4.06. The number of nitrogens with two attached hydrogens (primary N) is 1. The SMILES string of the molecule is CCn1c(-c2cc(N3CCN4CCOC[C@@H]4C3)cnc2[C@H](C)OC)c2c3cc(ccc31)-c1cccc(c1)C[C@H](N)C(=O)N1CCC[C@H](N1)C(=O)OCC(C)(C)C2. The minimum atomic E-state index is -0.756. The molecule has 12 nitrogen and oxygen atoms in total. The highest BCUT2D eigenvalue weighted by Crippen LogP contribution is 2.43. The van der Waals surface area contributed by atoms with Crippen LogP contribution in [0.2, 0.25) is 0 Å². The lowest BCUT2D eigenvalue weighted by atomic mass is 9.84. The number of cyclic esters (lactones) is 1. The molecule has 4 aliphatic rings. The number of carbonyl (C=O) groups is 2. The molecule has 6 heterocycles. The summed E-state index contributed by atoms with van der Waals surface area (Å²) in [7, 11) is 1.74. The first-order valence-corrected chi connectivity index (χ1v) is 20.4. The van der Waals surface area contributed by atoms with E-state index in [1.165, 1.54) is 10.6 Å². The lowest BCUT2D eigenvalue weighted by molar-refractivity contribution is -0.154. The molecule has 4 aliphatic heterocycles. The molecule has 4 atom stereocenters. The predicted octanol–water partition coefficient (Wildman–Crippen LogP) is 5.11. The molecular formula is C44H57N7O5. The second-order valence-corrected chi connectivity index (χ2v) is 16.8. The third-order valence-corrected chi connectivity index (χ3v) is 12.2. The zero-order valence-corrected chi connectivity index (χ0v) is 33.6. The summed E-state index contributed by atoms with van der Waals surface area (Å²) in [4.78, 5) is 37.3. The van der Waals surface area contributed by atoms with Crippen LogP contribution in [0.5, 0.6) is 0 Å². The minimum Gasteiger partial charge on any atom is -0.464 e. The average Bonchev–Trinajstić information content (AvgIpc) is 3.52. The zero-order chi connectivity index (χ0) is 39.1.